The number of aryl methyl sites for hydroxylation is 1. The Morgan fingerprint density at radius 2 is 2.42 bits per heavy atom. The number of pyridine rings is 1. The maximum absolute atomic E-state index is 5.48. The minimum atomic E-state index is 0.445. The molecule has 3 heteroatoms. The summed E-state index contributed by atoms with van der Waals surface area (Å²) < 4.78 is 5.48. The van der Waals surface area contributed by atoms with Crippen LogP contribution in [0.15, 0.2) is 36.4 Å². The molecule has 1 atom stereocenters. The summed E-state index contributed by atoms with van der Waals surface area (Å²) in [4.78, 5) is 4.18. The zero-order chi connectivity index (χ0) is 13.3. The maximum Gasteiger partial charge on any atom is 0.0876 e. The molecule has 19 heavy (non-hydrogen) atoms. The first-order valence-electron chi connectivity index (χ1n) is 7.33. The van der Waals surface area contributed by atoms with Crippen molar-refractivity contribution in [2.24, 2.45) is 0 Å². The van der Waals surface area contributed by atoms with Gasteiger partial charge in [0.2, 0.25) is 0 Å². The summed E-state index contributed by atoms with van der Waals surface area (Å²) in [7, 11) is 0. The van der Waals surface area contributed by atoms with Gasteiger partial charge in [-0.3, -0.25) is 4.98 Å². The molecule has 0 radical (unpaired) electrons. The molecule has 0 saturated carbocycles. The van der Waals surface area contributed by atoms with Gasteiger partial charge < -0.3 is 10.1 Å². The lowest BCUT2D eigenvalue weighted by Gasteiger charge is -2.24. The van der Waals surface area contributed by atoms with E-state index in [2.05, 4.69) is 23.3 Å². The van der Waals surface area contributed by atoms with Crippen molar-refractivity contribution in [3.63, 3.8) is 0 Å². The normalized spacial score (nSPS) is 16.6. The predicted octanol–water partition coefficient (Wildman–Crippen LogP) is 3.08. The Morgan fingerprint density at radius 1 is 1.47 bits per heavy atom. The fraction of sp³-hybridized carbons (Fsp3) is 0.562. The van der Waals surface area contributed by atoms with Crippen LogP contribution >= 0.6 is 0 Å². The number of aromatic nitrogens is 1. The fourth-order valence-corrected chi connectivity index (χ4v) is 2.44. The van der Waals surface area contributed by atoms with Crippen LogP contribution in [0.3, 0.4) is 0 Å². The van der Waals surface area contributed by atoms with Crippen LogP contribution in [0, 0.1) is 0 Å². The molecule has 0 aromatic carbocycles. The van der Waals surface area contributed by atoms with Crippen molar-refractivity contribution in [2.75, 3.05) is 13.2 Å². The minimum absolute atomic E-state index is 0.445. The third kappa shape index (κ3) is 4.67. The fourth-order valence-electron chi connectivity index (χ4n) is 2.44. The Morgan fingerprint density at radius 3 is 3.11 bits per heavy atom. The van der Waals surface area contributed by atoms with Crippen molar-refractivity contribution < 1.29 is 4.74 Å². The quantitative estimate of drug-likeness (QED) is 0.818. The van der Waals surface area contributed by atoms with E-state index in [9.17, 15) is 0 Å². The van der Waals surface area contributed by atoms with Gasteiger partial charge in [0.15, 0.2) is 0 Å². The summed E-state index contributed by atoms with van der Waals surface area (Å²) >= 11 is 0. The van der Waals surface area contributed by atoms with E-state index in [1.807, 2.05) is 24.7 Å². The number of rotatable bonds is 7. The summed E-state index contributed by atoms with van der Waals surface area (Å²) in [6.45, 7) is 4.14. The highest BCUT2D eigenvalue weighted by Gasteiger charge is 2.16. The van der Waals surface area contributed by atoms with Crippen molar-refractivity contribution in [1.82, 2.24) is 10.3 Å². The lowest BCUT2D eigenvalue weighted by atomic mass is 9.96. The van der Waals surface area contributed by atoms with Crippen molar-refractivity contribution in [3.05, 3.63) is 41.9 Å². The van der Waals surface area contributed by atoms with Crippen LogP contribution < -0.4 is 5.32 Å². The Balaban J connectivity index is 1.91. The Bertz CT molecular complexity index is 389. The molecule has 0 spiro atoms. The maximum atomic E-state index is 5.48. The first kappa shape index (κ1) is 14.1. The highest BCUT2D eigenvalue weighted by Crippen LogP contribution is 2.19. The summed E-state index contributed by atoms with van der Waals surface area (Å²) in [6, 6.07) is 4.60. The zero-order valence-electron chi connectivity index (χ0n) is 11.8. The zero-order valence-corrected chi connectivity index (χ0v) is 11.8. The van der Waals surface area contributed by atoms with Crippen LogP contribution in [0.4, 0.5) is 0 Å². The van der Waals surface area contributed by atoms with Gasteiger partial charge in [0.25, 0.3) is 0 Å². The molecule has 0 fully saturated rings. The topological polar surface area (TPSA) is 34.2 Å². The van der Waals surface area contributed by atoms with Crippen LogP contribution in [0.25, 0.3) is 0 Å². The van der Waals surface area contributed by atoms with E-state index in [1.54, 1.807) is 0 Å². The molecule has 1 aliphatic rings. The van der Waals surface area contributed by atoms with Crippen molar-refractivity contribution >= 4 is 0 Å². The molecular formula is C16H24N2O. The highest BCUT2D eigenvalue weighted by atomic mass is 16.5. The van der Waals surface area contributed by atoms with Gasteiger partial charge in [-0.15, -0.1) is 0 Å². The number of hydrogen-bond donors (Lipinski definition) is 1. The molecule has 3 nitrogen and oxygen atoms in total. The Labute approximate surface area is 116 Å². The van der Waals surface area contributed by atoms with E-state index in [-0.39, 0.29) is 0 Å². The predicted molar refractivity (Wildman–Crippen MR) is 77.9 cm³/mol. The van der Waals surface area contributed by atoms with E-state index in [0.717, 1.165) is 45.3 Å². The standard InChI is InChI=1S/C16H24N2O/c1-2-9-18-16(15-6-4-11-19-13-15)8-7-14-5-3-10-17-12-14/h3,5,10,12-13,16,18H,2,4,6-9,11H2,1H3. The van der Waals surface area contributed by atoms with E-state index in [4.69, 9.17) is 4.74 Å². The highest BCUT2D eigenvalue weighted by molar-refractivity contribution is 5.13. The summed E-state index contributed by atoms with van der Waals surface area (Å²) in [5.41, 5.74) is 2.73. The second-order valence-electron chi connectivity index (χ2n) is 5.07. The van der Waals surface area contributed by atoms with Gasteiger partial charge in [0, 0.05) is 18.4 Å². The summed E-state index contributed by atoms with van der Waals surface area (Å²) in [6.07, 6.45) is 11.4. The van der Waals surface area contributed by atoms with Crippen molar-refractivity contribution in [1.29, 1.82) is 0 Å². The molecular weight excluding hydrogens is 236 g/mol. The lowest BCUT2D eigenvalue weighted by molar-refractivity contribution is 0.218. The molecule has 104 valence electrons. The molecule has 0 bridgehead atoms. The van der Waals surface area contributed by atoms with Crippen LogP contribution in [0.5, 0.6) is 0 Å². The van der Waals surface area contributed by atoms with Crippen molar-refractivity contribution in [2.45, 2.75) is 45.1 Å². The van der Waals surface area contributed by atoms with E-state index < -0.39 is 0 Å². The molecule has 0 saturated heterocycles. The van der Waals surface area contributed by atoms with Gasteiger partial charge in [-0.2, -0.15) is 0 Å². The molecule has 2 rings (SSSR count). The van der Waals surface area contributed by atoms with Gasteiger partial charge in [-0.1, -0.05) is 13.0 Å². The number of hydrogen-bond acceptors (Lipinski definition) is 3. The second-order valence-corrected chi connectivity index (χ2v) is 5.07. The second kappa shape index (κ2) is 7.95. The third-order valence-electron chi connectivity index (χ3n) is 3.50. The molecule has 0 amide bonds. The largest absolute Gasteiger partial charge is 0.501 e. The Hall–Kier alpha value is -1.35. The molecule has 2 heterocycles. The molecule has 1 N–H and O–H groups in total. The van der Waals surface area contributed by atoms with Crippen LogP contribution in [-0.4, -0.2) is 24.2 Å². The lowest BCUT2D eigenvalue weighted by Crippen LogP contribution is -2.33. The minimum Gasteiger partial charge on any atom is -0.501 e. The smallest absolute Gasteiger partial charge is 0.0876 e. The van der Waals surface area contributed by atoms with E-state index >= 15 is 0 Å². The van der Waals surface area contributed by atoms with Gasteiger partial charge >= 0.3 is 0 Å². The van der Waals surface area contributed by atoms with Crippen LogP contribution in [0.2, 0.25) is 0 Å². The third-order valence-corrected chi connectivity index (χ3v) is 3.50. The van der Waals surface area contributed by atoms with Crippen LogP contribution in [-0.2, 0) is 11.2 Å². The van der Waals surface area contributed by atoms with Gasteiger partial charge in [0.05, 0.1) is 12.9 Å². The average molecular weight is 260 g/mol. The summed E-state index contributed by atoms with van der Waals surface area (Å²) in [5.74, 6) is 0. The van der Waals surface area contributed by atoms with Gasteiger partial charge in [-0.25, -0.2) is 0 Å². The molecule has 1 aromatic rings. The number of ether oxygens (including phenoxy) is 1. The van der Waals surface area contributed by atoms with Gasteiger partial charge in [0.1, 0.15) is 0 Å². The van der Waals surface area contributed by atoms with E-state index in [1.165, 1.54) is 11.1 Å². The van der Waals surface area contributed by atoms with E-state index in [0.29, 0.717) is 6.04 Å². The van der Waals surface area contributed by atoms with Crippen LogP contribution in [0.1, 0.15) is 38.2 Å². The first-order valence-corrected chi connectivity index (χ1v) is 7.33. The molecule has 0 aliphatic carbocycles. The molecule has 1 unspecified atom stereocenters. The number of nitrogens with one attached hydrogen (secondary N) is 1. The summed E-state index contributed by atoms with van der Waals surface area (Å²) in [5, 5.41) is 3.64. The first-order chi connectivity index (χ1) is 9.40. The van der Waals surface area contributed by atoms with Gasteiger partial charge in [-0.05, 0) is 55.9 Å². The SMILES string of the molecule is CCCNC(CCc1cccnc1)C1=COCCC1. The number of nitrogens with zero attached hydrogens (tertiary/aromatic N) is 1. The molecule has 1 aromatic heterocycles. The van der Waals surface area contributed by atoms with Crippen molar-refractivity contribution in [3.8, 4) is 0 Å². The average Bonchev–Trinajstić information content (AvgIpc) is 2.49. The molecule has 1 aliphatic heterocycles. The monoisotopic (exact) mass is 260 g/mol. The Kier molecular flexibility index (Phi) is 5.89.